The van der Waals surface area contributed by atoms with Gasteiger partial charge in [-0.1, -0.05) is 19.4 Å². The van der Waals surface area contributed by atoms with E-state index >= 15 is 0 Å². The van der Waals surface area contributed by atoms with Crippen molar-refractivity contribution < 1.29 is 14.3 Å². The standard InChI is InChI=1S/C20H28N4O5/c1-5-6-11-24-18(21)17(19(26)22-20(24)27)23(2)16(25)10-8-13-7-9-14(28-3)15(12-13)29-4/h7,9,12H,5-6,8,10-11,21H2,1-4H3,(H,22,26,27). The summed E-state index contributed by atoms with van der Waals surface area (Å²) in [5, 5.41) is 0. The van der Waals surface area contributed by atoms with Gasteiger partial charge in [0.2, 0.25) is 5.91 Å². The van der Waals surface area contributed by atoms with Crippen molar-refractivity contribution >= 4 is 17.4 Å². The van der Waals surface area contributed by atoms with Crippen LogP contribution in [0.2, 0.25) is 0 Å². The van der Waals surface area contributed by atoms with Crippen molar-refractivity contribution in [3.63, 3.8) is 0 Å². The Morgan fingerprint density at radius 2 is 1.90 bits per heavy atom. The molecule has 0 fully saturated rings. The van der Waals surface area contributed by atoms with E-state index in [1.54, 1.807) is 26.4 Å². The number of nitrogens with zero attached hydrogens (tertiary/aromatic N) is 2. The quantitative estimate of drug-likeness (QED) is 0.654. The van der Waals surface area contributed by atoms with E-state index in [1.165, 1.54) is 16.5 Å². The lowest BCUT2D eigenvalue weighted by molar-refractivity contribution is -0.118. The van der Waals surface area contributed by atoms with Crippen LogP contribution >= 0.6 is 0 Å². The Kier molecular flexibility index (Phi) is 7.46. The second kappa shape index (κ2) is 9.81. The SMILES string of the molecule is CCCCn1c(N)c(N(C)C(=O)CCc2ccc(OC)c(OC)c2)c(=O)[nH]c1=O. The van der Waals surface area contributed by atoms with Crippen molar-refractivity contribution in [2.45, 2.75) is 39.2 Å². The Morgan fingerprint density at radius 1 is 1.21 bits per heavy atom. The fraction of sp³-hybridized carbons (Fsp3) is 0.450. The van der Waals surface area contributed by atoms with Gasteiger partial charge in [0.1, 0.15) is 5.82 Å². The molecule has 0 unspecified atom stereocenters. The minimum atomic E-state index is -0.679. The number of H-pyrrole nitrogens is 1. The summed E-state index contributed by atoms with van der Waals surface area (Å²) in [5.41, 5.74) is 5.68. The summed E-state index contributed by atoms with van der Waals surface area (Å²) in [6, 6.07) is 5.42. The number of hydrogen-bond acceptors (Lipinski definition) is 6. The van der Waals surface area contributed by atoms with Gasteiger partial charge < -0.3 is 20.1 Å². The minimum Gasteiger partial charge on any atom is -0.493 e. The molecule has 2 rings (SSSR count). The highest BCUT2D eigenvalue weighted by molar-refractivity contribution is 5.95. The predicted octanol–water partition coefficient (Wildman–Crippen LogP) is 1.53. The van der Waals surface area contributed by atoms with Crippen LogP contribution in [0, 0.1) is 0 Å². The summed E-state index contributed by atoms with van der Waals surface area (Å²) in [7, 11) is 4.58. The van der Waals surface area contributed by atoms with Crippen LogP contribution in [-0.2, 0) is 17.8 Å². The zero-order chi connectivity index (χ0) is 21.6. The molecule has 1 amide bonds. The molecule has 158 valence electrons. The number of aryl methyl sites for hydroxylation is 1. The summed E-state index contributed by atoms with van der Waals surface area (Å²) in [6.45, 7) is 2.36. The number of aromatic amines is 1. The van der Waals surface area contributed by atoms with Crippen LogP contribution in [0.25, 0.3) is 0 Å². The number of benzene rings is 1. The van der Waals surface area contributed by atoms with E-state index in [1.807, 2.05) is 13.0 Å². The maximum atomic E-state index is 12.7. The third-order valence-electron chi connectivity index (χ3n) is 4.73. The molecule has 0 radical (unpaired) electrons. The number of aromatic nitrogens is 2. The number of nitrogens with two attached hydrogens (primary N) is 1. The van der Waals surface area contributed by atoms with E-state index in [-0.39, 0.29) is 23.8 Å². The summed E-state index contributed by atoms with van der Waals surface area (Å²) in [5.74, 6) is 0.884. The van der Waals surface area contributed by atoms with Gasteiger partial charge in [-0.2, -0.15) is 0 Å². The van der Waals surface area contributed by atoms with Crippen LogP contribution in [-0.4, -0.2) is 36.7 Å². The fourth-order valence-electron chi connectivity index (χ4n) is 3.02. The molecule has 1 aromatic carbocycles. The van der Waals surface area contributed by atoms with E-state index in [0.717, 1.165) is 18.4 Å². The molecule has 9 nitrogen and oxygen atoms in total. The number of ether oxygens (including phenoxy) is 2. The summed E-state index contributed by atoms with van der Waals surface area (Å²) in [4.78, 5) is 40.5. The average Bonchev–Trinajstić information content (AvgIpc) is 2.71. The normalized spacial score (nSPS) is 10.6. The van der Waals surface area contributed by atoms with Crippen molar-refractivity contribution in [3.05, 3.63) is 44.6 Å². The smallest absolute Gasteiger partial charge is 0.330 e. The number of carbonyl (C=O) groups is 1. The largest absolute Gasteiger partial charge is 0.493 e. The van der Waals surface area contributed by atoms with Crippen molar-refractivity contribution in [2.24, 2.45) is 0 Å². The zero-order valence-electron chi connectivity index (χ0n) is 17.3. The highest BCUT2D eigenvalue weighted by Crippen LogP contribution is 2.28. The molecule has 0 aliphatic rings. The third kappa shape index (κ3) is 4.98. The van der Waals surface area contributed by atoms with Gasteiger partial charge in [-0.05, 0) is 30.5 Å². The van der Waals surface area contributed by atoms with E-state index in [4.69, 9.17) is 15.2 Å². The first-order valence-electron chi connectivity index (χ1n) is 9.44. The second-order valence-corrected chi connectivity index (χ2v) is 6.64. The Bertz CT molecular complexity index is 980. The molecule has 2 aromatic rings. The summed E-state index contributed by atoms with van der Waals surface area (Å²) >= 11 is 0. The van der Waals surface area contributed by atoms with Gasteiger partial charge in [-0.25, -0.2) is 4.79 Å². The molecule has 1 aromatic heterocycles. The van der Waals surface area contributed by atoms with Gasteiger partial charge in [0, 0.05) is 20.0 Å². The van der Waals surface area contributed by atoms with Gasteiger partial charge in [0.25, 0.3) is 5.56 Å². The number of unbranched alkanes of at least 4 members (excludes halogenated alkanes) is 1. The van der Waals surface area contributed by atoms with E-state index in [2.05, 4.69) is 4.98 Å². The summed E-state index contributed by atoms with van der Waals surface area (Å²) in [6.07, 6.45) is 2.18. The van der Waals surface area contributed by atoms with Crippen LogP contribution < -0.4 is 31.4 Å². The van der Waals surface area contributed by atoms with E-state index < -0.39 is 11.2 Å². The van der Waals surface area contributed by atoms with Crippen LogP contribution in [0.15, 0.2) is 27.8 Å². The van der Waals surface area contributed by atoms with E-state index in [0.29, 0.717) is 24.5 Å². The lowest BCUT2D eigenvalue weighted by Gasteiger charge is -2.20. The lowest BCUT2D eigenvalue weighted by Crippen LogP contribution is -2.39. The van der Waals surface area contributed by atoms with Gasteiger partial charge in [0.15, 0.2) is 17.2 Å². The molecule has 3 N–H and O–H groups in total. The van der Waals surface area contributed by atoms with Gasteiger partial charge >= 0.3 is 5.69 Å². The molecule has 0 saturated carbocycles. The number of rotatable bonds is 9. The van der Waals surface area contributed by atoms with Crippen molar-refractivity contribution in [1.82, 2.24) is 9.55 Å². The number of anilines is 2. The zero-order valence-corrected chi connectivity index (χ0v) is 17.3. The third-order valence-corrected chi connectivity index (χ3v) is 4.73. The minimum absolute atomic E-state index is 0.00540. The Balaban J connectivity index is 2.20. The summed E-state index contributed by atoms with van der Waals surface area (Å²) < 4.78 is 11.8. The number of nitrogen functional groups attached to an aromatic ring is 1. The molecule has 9 heteroatoms. The highest BCUT2D eigenvalue weighted by atomic mass is 16.5. The van der Waals surface area contributed by atoms with Crippen molar-refractivity contribution in [1.29, 1.82) is 0 Å². The van der Waals surface area contributed by atoms with Crippen LogP contribution in [0.3, 0.4) is 0 Å². The van der Waals surface area contributed by atoms with Crippen LogP contribution in [0.5, 0.6) is 11.5 Å². The fourth-order valence-corrected chi connectivity index (χ4v) is 3.02. The molecule has 0 bridgehead atoms. The monoisotopic (exact) mass is 404 g/mol. The first-order valence-corrected chi connectivity index (χ1v) is 9.44. The highest BCUT2D eigenvalue weighted by Gasteiger charge is 2.20. The maximum absolute atomic E-state index is 12.7. The van der Waals surface area contributed by atoms with Gasteiger partial charge in [-0.15, -0.1) is 0 Å². The molecule has 0 spiro atoms. The number of methoxy groups -OCH3 is 2. The molecule has 0 aliphatic carbocycles. The molecule has 0 aliphatic heterocycles. The number of carbonyl (C=O) groups excluding carboxylic acids is 1. The lowest BCUT2D eigenvalue weighted by atomic mass is 10.1. The maximum Gasteiger partial charge on any atom is 0.330 e. The molecular weight excluding hydrogens is 376 g/mol. The first-order chi connectivity index (χ1) is 13.8. The average molecular weight is 404 g/mol. The Hall–Kier alpha value is -3.23. The Labute approximate surface area is 169 Å². The number of amides is 1. The van der Waals surface area contributed by atoms with Crippen LogP contribution in [0.4, 0.5) is 11.5 Å². The van der Waals surface area contributed by atoms with Gasteiger partial charge in [0.05, 0.1) is 14.2 Å². The molecular formula is C20H28N4O5. The Morgan fingerprint density at radius 3 is 2.52 bits per heavy atom. The molecule has 29 heavy (non-hydrogen) atoms. The van der Waals surface area contributed by atoms with Crippen molar-refractivity contribution in [2.75, 3.05) is 31.9 Å². The van der Waals surface area contributed by atoms with E-state index in [9.17, 15) is 14.4 Å². The number of hydrogen-bond donors (Lipinski definition) is 2. The second-order valence-electron chi connectivity index (χ2n) is 6.64. The first kappa shape index (κ1) is 22.1. The van der Waals surface area contributed by atoms with Gasteiger partial charge in [-0.3, -0.25) is 19.1 Å². The number of nitrogens with one attached hydrogen (secondary N) is 1. The predicted molar refractivity (Wildman–Crippen MR) is 112 cm³/mol. The van der Waals surface area contributed by atoms with Crippen molar-refractivity contribution in [3.8, 4) is 11.5 Å². The molecule has 1 heterocycles. The molecule has 0 atom stereocenters. The molecule has 0 saturated heterocycles. The van der Waals surface area contributed by atoms with Crippen LogP contribution in [0.1, 0.15) is 31.7 Å². The topological polar surface area (TPSA) is 120 Å².